The van der Waals surface area contributed by atoms with Gasteiger partial charge in [-0.15, -0.1) is 0 Å². The van der Waals surface area contributed by atoms with E-state index in [2.05, 4.69) is 36.6 Å². The molecular formula is C26H40N2O3. The number of carbonyl (C=O) groups excluding carboxylic acids is 2. The maximum absolute atomic E-state index is 12.5. The van der Waals surface area contributed by atoms with Gasteiger partial charge in [0.15, 0.2) is 0 Å². The molecule has 2 amide bonds. The smallest absolute Gasteiger partial charge is 0.223 e. The zero-order valence-corrected chi connectivity index (χ0v) is 19.3. The van der Waals surface area contributed by atoms with Crippen molar-refractivity contribution in [2.24, 2.45) is 11.8 Å². The van der Waals surface area contributed by atoms with Gasteiger partial charge in [-0.1, -0.05) is 45.2 Å². The lowest BCUT2D eigenvalue weighted by atomic mass is 9.84. The third kappa shape index (κ3) is 7.86. The van der Waals surface area contributed by atoms with Crippen LogP contribution in [0.2, 0.25) is 0 Å². The Labute approximate surface area is 187 Å². The number of benzene rings is 1. The van der Waals surface area contributed by atoms with E-state index in [1.165, 1.54) is 37.7 Å². The molecular weight excluding hydrogens is 388 g/mol. The quantitative estimate of drug-likeness (QED) is 0.547. The SMILES string of the molecule is CC(C)c1ccc(OCCNC(=O)C2CCC(NC(=O)CC3CCCCC3)CC2)cc1. The highest BCUT2D eigenvalue weighted by Crippen LogP contribution is 2.28. The Balaban J connectivity index is 1.27. The summed E-state index contributed by atoms with van der Waals surface area (Å²) in [5.41, 5.74) is 1.29. The second-order valence-electron chi connectivity index (χ2n) is 9.69. The first kappa shape index (κ1) is 23.6. The maximum Gasteiger partial charge on any atom is 0.223 e. The van der Waals surface area contributed by atoms with Crippen molar-refractivity contribution in [1.82, 2.24) is 10.6 Å². The number of hydrogen-bond acceptors (Lipinski definition) is 3. The number of carbonyl (C=O) groups is 2. The Morgan fingerprint density at radius 1 is 0.968 bits per heavy atom. The first-order valence-corrected chi connectivity index (χ1v) is 12.3. The van der Waals surface area contributed by atoms with Crippen LogP contribution in [0.15, 0.2) is 24.3 Å². The van der Waals surface area contributed by atoms with Crippen molar-refractivity contribution in [3.8, 4) is 5.75 Å². The summed E-state index contributed by atoms with van der Waals surface area (Å²) >= 11 is 0. The normalized spacial score (nSPS) is 22.2. The number of nitrogens with one attached hydrogen (secondary N) is 2. The maximum atomic E-state index is 12.5. The second kappa shape index (κ2) is 12.1. The van der Waals surface area contributed by atoms with Crippen molar-refractivity contribution in [2.45, 2.75) is 90.0 Å². The lowest BCUT2D eigenvalue weighted by Crippen LogP contribution is -2.42. The lowest BCUT2D eigenvalue weighted by Gasteiger charge is -2.29. The van der Waals surface area contributed by atoms with Crippen LogP contribution in [0.3, 0.4) is 0 Å². The number of ether oxygens (including phenoxy) is 1. The molecule has 2 fully saturated rings. The Morgan fingerprint density at radius 3 is 2.29 bits per heavy atom. The van der Waals surface area contributed by atoms with Crippen molar-refractivity contribution in [1.29, 1.82) is 0 Å². The minimum atomic E-state index is 0.0526. The number of hydrogen-bond donors (Lipinski definition) is 2. The fourth-order valence-corrected chi connectivity index (χ4v) is 4.88. The van der Waals surface area contributed by atoms with Gasteiger partial charge >= 0.3 is 0 Å². The Morgan fingerprint density at radius 2 is 1.65 bits per heavy atom. The molecule has 2 aliphatic carbocycles. The molecule has 2 saturated carbocycles. The molecule has 5 nitrogen and oxygen atoms in total. The summed E-state index contributed by atoms with van der Waals surface area (Å²) in [6.07, 6.45) is 10.4. The first-order valence-electron chi connectivity index (χ1n) is 12.3. The fourth-order valence-electron chi connectivity index (χ4n) is 4.88. The molecule has 0 unspecified atom stereocenters. The predicted molar refractivity (Wildman–Crippen MR) is 124 cm³/mol. The Bertz CT molecular complexity index is 687. The van der Waals surface area contributed by atoms with Crippen LogP contribution in [-0.4, -0.2) is 31.0 Å². The van der Waals surface area contributed by atoms with Crippen molar-refractivity contribution in [2.75, 3.05) is 13.2 Å². The summed E-state index contributed by atoms with van der Waals surface area (Å²) in [5, 5.41) is 6.23. The van der Waals surface area contributed by atoms with Gasteiger partial charge in [-0.05, 0) is 68.1 Å². The van der Waals surface area contributed by atoms with E-state index in [0.29, 0.717) is 31.4 Å². The molecule has 0 aromatic heterocycles. The summed E-state index contributed by atoms with van der Waals surface area (Å²) in [7, 11) is 0. The highest BCUT2D eigenvalue weighted by molar-refractivity contribution is 5.79. The van der Waals surface area contributed by atoms with Crippen LogP contribution in [0, 0.1) is 11.8 Å². The molecule has 3 rings (SSSR count). The average Bonchev–Trinajstić information content (AvgIpc) is 2.78. The van der Waals surface area contributed by atoms with Gasteiger partial charge < -0.3 is 15.4 Å². The summed E-state index contributed by atoms with van der Waals surface area (Å²) in [5.74, 6) is 2.30. The summed E-state index contributed by atoms with van der Waals surface area (Å²) < 4.78 is 5.74. The van der Waals surface area contributed by atoms with Gasteiger partial charge in [0, 0.05) is 18.4 Å². The van der Waals surface area contributed by atoms with Gasteiger partial charge in [0.2, 0.25) is 11.8 Å². The summed E-state index contributed by atoms with van der Waals surface area (Å²) in [4.78, 5) is 24.8. The van der Waals surface area contributed by atoms with Crippen molar-refractivity contribution in [3.63, 3.8) is 0 Å². The van der Waals surface area contributed by atoms with Gasteiger partial charge in [-0.25, -0.2) is 0 Å². The minimum absolute atomic E-state index is 0.0526. The molecule has 0 atom stereocenters. The van der Waals surface area contributed by atoms with E-state index in [9.17, 15) is 9.59 Å². The first-order chi connectivity index (χ1) is 15.0. The van der Waals surface area contributed by atoms with E-state index in [1.54, 1.807) is 0 Å². The molecule has 0 aliphatic heterocycles. The molecule has 2 aliphatic rings. The van der Waals surface area contributed by atoms with Gasteiger partial charge in [0.1, 0.15) is 12.4 Å². The van der Waals surface area contributed by atoms with Crippen LogP contribution in [-0.2, 0) is 9.59 Å². The van der Waals surface area contributed by atoms with E-state index >= 15 is 0 Å². The molecule has 0 radical (unpaired) electrons. The van der Waals surface area contributed by atoms with Crippen LogP contribution in [0.25, 0.3) is 0 Å². The molecule has 1 aromatic carbocycles. The molecule has 0 spiro atoms. The zero-order valence-electron chi connectivity index (χ0n) is 19.3. The highest BCUT2D eigenvalue weighted by Gasteiger charge is 2.27. The summed E-state index contributed by atoms with van der Waals surface area (Å²) in [6.45, 7) is 5.33. The lowest BCUT2D eigenvalue weighted by molar-refractivity contribution is -0.126. The van der Waals surface area contributed by atoms with Crippen molar-refractivity contribution >= 4 is 11.8 Å². The second-order valence-corrected chi connectivity index (χ2v) is 9.69. The Kier molecular flexibility index (Phi) is 9.23. The number of rotatable bonds is 9. The molecule has 0 heterocycles. The third-order valence-corrected chi connectivity index (χ3v) is 6.88. The fraction of sp³-hybridized carbons (Fsp3) is 0.692. The minimum Gasteiger partial charge on any atom is -0.492 e. The van der Waals surface area contributed by atoms with Gasteiger partial charge in [-0.2, -0.15) is 0 Å². The van der Waals surface area contributed by atoms with Crippen molar-refractivity contribution < 1.29 is 14.3 Å². The van der Waals surface area contributed by atoms with Crippen LogP contribution in [0.5, 0.6) is 5.75 Å². The molecule has 172 valence electrons. The zero-order chi connectivity index (χ0) is 22.1. The van der Waals surface area contributed by atoms with E-state index in [0.717, 1.165) is 31.4 Å². The summed E-state index contributed by atoms with van der Waals surface area (Å²) in [6, 6.07) is 8.38. The highest BCUT2D eigenvalue weighted by atomic mass is 16.5. The van der Waals surface area contributed by atoms with Crippen LogP contribution in [0.4, 0.5) is 0 Å². The molecule has 0 saturated heterocycles. The Hall–Kier alpha value is -2.04. The van der Waals surface area contributed by atoms with E-state index in [1.807, 2.05) is 12.1 Å². The largest absolute Gasteiger partial charge is 0.492 e. The van der Waals surface area contributed by atoms with Gasteiger partial charge in [-0.3, -0.25) is 9.59 Å². The number of amides is 2. The molecule has 5 heteroatoms. The van der Waals surface area contributed by atoms with E-state index < -0.39 is 0 Å². The standard InChI is InChI=1S/C26H40N2O3/c1-19(2)21-10-14-24(15-11-21)31-17-16-27-26(30)22-8-12-23(13-9-22)28-25(29)18-20-6-4-3-5-7-20/h10-11,14-15,19-20,22-23H,3-9,12-13,16-18H2,1-2H3,(H,27,30)(H,28,29). The topological polar surface area (TPSA) is 67.4 Å². The van der Waals surface area contributed by atoms with Crippen molar-refractivity contribution in [3.05, 3.63) is 29.8 Å². The molecule has 2 N–H and O–H groups in total. The van der Waals surface area contributed by atoms with Crippen LogP contribution in [0.1, 0.15) is 89.5 Å². The van der Waals surface area contributed by atoms with Gasteiger partial charge in [0.25, 0.3) is 0 Å². The van der Waals surface area contributed by atoms with Crippen LogP contribution < -0.4 is 15.4 Å². The predicted octanol–water partition coefficient (Wildman–Crippen LogP) is 4.95. The van der Waals surface area contributed by atoms with E-state index in [4.69, 9.17) is 4.74 Å². The average molecular weight is 429 g/mol. The molecule has 31 heavy (non-hydrogen) atoms. The third-order valence-electron chi connectivity index (χ3n) is 6.88. The van der Waals surface area contributed by atoms with Gasteiger partial charge in [0.05, 0.1) is 6.54 Å². The molecule has 1 aromatic rings. The monoisotopic (exact) mass is 428 g/mol. The van der Waals surface area contributed by atoms with Crippen LogP contribution >= 0.6 is 0 Å². The van der Waals surface area contributed by atoms with E-state index in [-0.39, 0.29) is 23.8 Å². The molecule has 0 bridgehead atoms.